The molecule has 0 aliphatic rings. The molecule has 0 spiro atoms. The molecule has 110 valence electrons. The molecule has 0 fully saturated rings. The van der Waals surface area contributed by atoms with Gasteiger partial charge in [-0.25, -0.2) is 0 Å². The zero-order valence-corrected chi connectivity index (χ0v) is 12.6. The van der Waals surface area contributed by atoms with Crippen LogP contribution < -0.4 is 10.6 Å². The lowest BCUT2D eigenvalue weighted by Crippen LogP contribution is -2.28. The smallest absolute Gasteiger partial charge is 0.315 e. The highest BCUT2D eigenvalue weighted by Crippen LogP contribution is 2.26. The van der Waals surface area contributed by atoms with E-state index in [4.69, 9.17) is 9.15 Å². The van der Waals surface area contributed by atoms with Crippen LogP contribution in [0, 0.1) is 11.3 Å². The number of nitrogens with one attached hydrogen (secondary N) is 2. The number of nitrogens with zero attached hydrogens (tertiary/aromatic N) is 2. The highest BCUT2D eigenvalue weighted by Gasteiger charge is 2.22. The molecular formula is C13H26N4O2. The standard InChI is InChI=1S/C13H26N4O2/c1-10(2)13(3,4)9-15-12-17-16-11(19-12)8-14-6-7-18-5/h10,14H,6-9H2,1-5H3,(H,15,17). The van der Waals surface area contributed by atoms with Crippen LogP contribution in [0.15, 0.2) is 4.42 Å². The summed E-state index contributed by atoms with van der Waals surface area (Å²) in [7, 11) is 1.67. The molecular weight excluding hydrogens is 244 g/mol. The Bertz CT molecular complexity index is 363. The third-order valence-corrected chi connectivity index (χ3v) is 3.48. The Kier molecular flexibility index (Phi) is 6.24. The van der Waals surface area contributed by atoms with Crippen molar-refractivity contribution < 1.29 is 9.15 Å². The van der Waals surface area contributed by atoms with E-state index in [0.717, 1.165) is 13.1 Å². The number of aromatic nitrogens is 2. The summed E-state index contributed by atoms with van der Waals surface area (Å²) in [5.74, 6) is 1.17. The zero-order chi connectivity index (χ0) is 14.3. The molecule has 0 saturated heterocycles. The zero-order valence-electron chi connectivity index (χ0n) is 12.6. The minimum atomic E-state index is 0.186. The van der Waals surface area contributed by atoms with Crippen LogP contribution in [0.1, 0.15) is 33.6 Å². The topological polar surface area (TPSA) is 72.2 Å². The van der Waals surface area contributed by atoms with Gasteiger partial charge in [-0.2, -0.15) is 0 Å². The fourth-order valence-electron chi connectivity index (χ4n) is 1.27. The molecule has 1 aromatic heterocycles. The van der Waals surface area contributed by atoms with E-state index in [-0.39, 0.29) is 5.41 Å². The minimum Gasteiger partial charge on any atom is -0.407 e. The van der Waals surface area contributed by atoms with E-state index < -0.39 is 0 Å². The van der Waals surface area contributed by atoms with Gasteiger partial charge in [-0.15, -0.1) is 5.10 Å². The van der Waals surface area contributed by atoms with Gasteiger partial charge in [0, 0.05) is 20.2 Å². The van der Waals surface area contributed by atoms with Crippen LogP contribution in [-0.2, 0) is 11.3 Å². The van der Waals surface area contributed by atoms with Crippen LogP contribution in [-0.4, -0.2) is 37.0 Å². The number of rotatable bonds is 9. The van der Waals surface area contributed by atoms with Crippen LogP contribution in [0.2, 0.25) is 0 Å². The molecule has 19 heavy (non-hydrogen) atoms. The van der Waals surface area contributed by atoms with Crippen molar-refractivity contribution >= 4 is 6.01 Å². The van der Waals surface area contributed by atoms with Gasteiger partial charge in [0.15, 0.2) is 0 Å². The maximum Gasteiger partial charge on any atom is 0.315 e. The van der Waals surface area contributed by atoms with Crippen molar-refractivity contribution in [3.63, 3.8) is 0 Å². The molecule has 0 aliphatic carbocycles. The van der Waals surface area contributed by atoms with E-state index in [2.05, 4.69) is 48.5 Å². The first kappa shape index (κ1) is 15.9. The highest BCUT2D eigenvalue weighted by atomic mass is 16.5. The average molecular weight is 270 g/mol. The summed E-state index contributed by atoms with van der Waals surface area (Å²) in [6, 6.07) is 0.484. The molecule has 0 aromatic carbocycles. The second-order valence-electron chi connectivity index (χ2n) is 5.67. The number of ether oxygens (including phenoxy) is 1. The van der Waals surface area contributed by atoms with E-state index in [0.29, 0.717) is 31.0 Å². The SMILES string of the molecule is COCCNCc1nnc(NCC(C)(C)C(C)C)o1. The summed E-state index contributed by atoms with van der Waals surface area (Å²) < 4.78 is 10.4. The quantitative estimate of drug-likeness (QED) is 0.668. The summed E-state index contributed by atoms with van der Waals surface area (Å²) in [5.41, 5.74) is 0.186. The lowest BCUT2D eigenvalue weighted by Gasteiger charge is -2.28. The van der Waals surface area contributed by atoms with Crippen molar-refractivity contribution in [3.05, 3.63) is 5.89 Å². The monoisotopic (exact) mass is 270 g/mol. The highest BCUT2D eigenvalue weighted by molar-refractivity contribution is 5.17. The van der Waals surface area contributed by atoms with Gasteiger partial charge in [0.05, 0.1) is 13.2 Å². The maximum absolute atomic E-state index is 5.50. The molecule has 0 aliphatic heterocycles. The summed E-state index contributed by atoms with van der Waals surface area (Å²) in [6.45, 7) is 11.7. The number of methoxy groups -OCH3 is 1. The normalized spacial score (nSPS) is 12.1. The molecule has 0 saturated carbocycles. The third kappa shape index (κ3) is 5.57. The molecule has 0 unspecified atom stereocenters. The predicted octanol–water partition coefficient (Wildman–Crippen LogP) is 1.90. The summed E-state index contributed by atoms with van der Waals surface area (Å²) >= 11 is 0. The molecule has 1 aromatic rings. The third-order valence-electron chi connectivity index (χ3n) is 3.48. The molecule has 0 radical (unpaired) electrons. The first-order valence-corrected chi connectivity index (χ1v) is 6.71. The van der Waals surface area contributed by atoms with E-state index in [1.807, 2.05) is 0 Å². The van der Waals surface area contributed by atoms with Crippen molar-refractivity contribution in [2.45, 2.75) is 34.2 Å². The van der Waals surface area contributed by atoms with Crippen molar-refractivity contribution in [3.8, 4) is 0 Å². The Morgan fingerprint density at radius 1 is 1.32 bits per heavy atom. The van der Waals surface area contributed by atoms with Gasteiger partial charge in [-0.1, -0.05) is 32.8 Å². The van der Waals surface area contributed by atoms with Crippen molar-refractivity contribution in [2.24, 2.45) is 11.3 Å². The fraction of sp³-hybridized carbons (Fsp3) is 0.846. The average Bonchev–Trinajstić information content (AvgIpc) is 2.80. The van der Waals surface area contributed by atoms with Gasteiger partial charge >= 0.3 is 6.01 Å². The van der Waals surface area contributed by atoms with Crippen LogP contribution >= 0.6 is 0 Å². The van der Waals surface area contributed by atoms with Gasteiger partial charge in [-0.05, 0) is 11.3 Å². The molecule has 1 rings (SSSR count). The lowest BCUT2D eigenvalue weighted by molar-refractivity contribution is 0.198. The van der Waals surface area contributed by atoms with E-state index in [1.54, 1.807) is 7.11 Å². The molecule has 0 bridgehead atoms. The van der Waals surface area contributed by atoms with Crippen LogP contribution in [0.25, 0.3) is 0 Å². The fourth-order valence-corrected chi connectivity index (χ4v) is 1.27. The second kappa shape index (κ2) is 7.45. The second-order valence-corrected chi connectivity index (χ2v) is 5.67. The Morgan fingerprint density at radius 3 is 2.68 bits per heavy atom. The Morgan fingerprint density at radius 2 is 2.05 bits per heavy atom. The van der Waals surface area contributed by atoms with Crippen molar-refractivity contribution in [2.75, 3.05) is 32.1 Å². The summed E-state index contributed by atoms with van der Waals surface area (Å²) in [6.07, 6.45) is 0. The number of anilines is 1. The maximum atomic E-state index is 5.50. The number of hydrogen-bond donors (Lipinski definition) is 2. The molecule has 0 amide bonds. The molecule has 6 heteroatoms. The molecule has 0 atom stereocenters. The molecule has 6 nitrogen and oxygen atoms in total. The summed E-state index contributed by atoms with van der Waals surface area (Å²) in [5, 5.41) is 14.3. The van der Waals surface area contributed by atoms with E-state index in [9.17, 15) is 0 Å². The molecule has 2 N–H and O–H groups in total. The largest absolute Gasteiger partial charge is 0.407 e. The first-order chi connectivity index (χ1) is 8.95. The Balaban J connectivity index is 2.34. The lowest BCUT2D eigenvalue weighted by atomic mass is 9.81. The van der Waals surface area contributed by atoms with Gasteiger partial charge in [0.2, 0.25) is 5.89 Å². The predicted molar refractivity (Wildman–Crippen MR) is 75.0 cm³/mol. The van der Waals surface area contributed by atoms with Gasteiger partial charge in [-0.3, -0.25) is 0 Å². The van der Waals surface area contributed by atoms with E-state index >= 15 is 0 Å². The molecule has 1 heterocycles. The van der Waals surface area contributed by atoms with Crippen LogP contribution in [0.4, 0.5) is 6.01 Å². The Hall–Kier alpha value is -1.14. The Labute approximate surface area is 115 Å². The van der Waals surface area contributed by atoms with E-state index in [1.165, 1.54) is 0 Å². The summed E-state index contributed by atoms with van der Waals surface area (Å²) in [4.78, 5) is 0. The van der Waals surface area contributed by atoms with Crippen molar-refractivity contribution in [1.82, 2.24) is 15.5 Å². The van der Waals surface area contributed by atoms with Crippen LogP contribution in [0.3, 0.4) is 0 Å². The minimum absolute atomic E-state index is 0.186. The van der Waals surface area contributed by atoms with Crippen LogP contribution in [0.5, 0.6) is 0 Å². The van der Waals surface area contributed by atoms with Gasteiger partial charge in [0.1, 0.15) is 0 Å². The number of hydrogen-bond acceptors (Lipinski definition) is 6. The van der Waals surface area contributed by atoms with Gasteiger partial charge in [0.25, 0.3) is 0 Å². The van der Waals surface area contributed by atoms with Gasteiger partial charge < -0.3 is 19.8 Å². The first-order valence-electron chi connectivity index (χ1n) is 6.71. The van der Waals surface area contributed by atoms with Crippen molar-refractivity contribution in [1.29, 1.82) is 0 Å².